The van der Waals surface area contributed by atoms with E-state index in [0.29, 0.717) is 4.47 Å². The highest BCUT2D eigenvalue weighted by Crippen LogP contribution is 2.22. The van der Waals surface area contributed by atoms with E-state index in [1.165, 1.54) is 12.4 Å². The molecule has 1 aromatic rings. The normalized spacial score (nSPS) is 13.8. The Kier molecular flexibility index (Phi) is 3.30. The maximum absolute atomic E-state index is 12.1. The fraction of sp³-hybridized carbons (Fsp3) is 0.429. The van der Waals surface area contributed by atoms with E-state index in [4.69, 9.17) is 0 Å². The molecule has 1 N–H and O–H groups in total. The summed E-state index contributed by atoms with van der Waals surface area (Å²) in [6.45, 7) is 1.01. The molecule has 1 rings (SSSR count). The van der Waals surface area contributed by atoms with Crippen LogP contribution >= 0.6 is 15.9 Å². The molecule has 0 amide bonds. The Labute approximate surface area is 86.9 Å². The van der Waals surface area contributed by atoms with Crippen LogP contribution in [0.15, 0.2) is 16.9 Å². The molecule has 1 heterocycles. The molecule has 0 saturated carbocycles. The Bertz CT molecular complexity index is 298. The van der Waals surface area contributed by atoms with E-state index < -0.39 is 12.2 Å². The lowest BCUT2D eigenvalue weighted by molar-refractivity contribution is -0.138. The molecular formula is C7H7BrF3N3. The maximum atomic E-state index is 12.1. The van der Waals surface area contributed by atoms with Crippen molar-refractivity contribution in [2.24, 2.45) is 0 Å². The van der Waals surface area contributed by atoms with Crippen molar-refractivity contribution in [3.05, 3.63) is 16.9 Å². The zero-order valence-electron chi connectivity index (χ0n) is 7.14. The van der Waals surface area contributed by atoms with Gasteiger partial charge in [-0.05, 0) is 22.9 Å². The SMILES string of the molecule is CC(Nc1ncc(Br)cn1)C(F)(F)F. The van der Waals surface area contributed by atoms with Crippen LogP contribution in [0.5, 0.6) is 0 Å². The molecule has 0 fully saturated rings. The van der Waals surface area contributed by atoms with Crippen LogP contribution in [0, 0.1) is 0 Å². The highest BCUT2D eigenvalue weighted by Gasteiger charge is 2.36. The van der Waals surface area contributed by atoms with Gasteiger partial charge in [-0.2, -0.15) is 13.2 Å². The van der Waals surface area contributed by atoms with Gasteiger partial charge in [0.05, 0.1) is 4.47 Å². The third kappa shape index (κ3) is 3.13. The number of hydrogen-bond donors (Lipinski definition) is 1. The molecule has 0 aliphatic carbocycles. The monoisotopic (exact) mass is 269 g/mol. The number of alkyl halides is 3. The average molecular weight is 270 g/mol. The summed E-state index contributed by atoms with van der Waals surface area (Å²) in [7, 11) is 0. The van der Waals surface area contributed by atoms with E-state index in [2.05, 4.69) is 31.2 Å². The average Bonchev–Trinajstić information content (AvgIpc) is 2.07. The zero-order chi connectivity index (χ0) is 10.8. The zero-order valence-corrected chi connectivity index (χ0v) is 8.72. The molecular weight excluding hydrogens is 263 g/mol. The Morgan fingerprint density at radius 2 is 1.86 bits per heavy atom. The number of nitrogens with one attached hydrogen (secondary N) is 1. The number of halogens is 4. The van der Waals surface area contributed by atoms with Gasteiger partial charge in [0, 0.05) is 12.4 Å². The smallest absolute Gasteiger partial charge is 0.343 e. The van der Waals surface area contributed by atoms with Crippen molar-refractivity contribution < 1.29 is 13.2 Å². The second-order valence-electron chi connectivity index (χ2n) is 2.63. The van der Waals surface area contributed by atoms with E-state index >= 15 is 0 Å². The number of hydrogen-bond acceptors (Lipinski definition) is 3. The molecule has 78 valence electrons. The van der Waals surface area contributed by atoms with E-state index in [1.54, 1.807) is 0 Å². The summed E-state index contributed by atoms with van der Waals surface area (Å²) in [4.78, 5) is 7.33. The Hall–Kier alpha value is -0.850. The first-order valence-electron chi connectivity index (χ1n) is 3.70. The molecule has 0 radical (unpaired) electrons. The molecule has 0 spiro atoms. The van der Waals surface area contributed by atoms with Gasteiger partial charge in [-0.15, -0.1) is 0 Å². The molecule has 7 heteroatoms. The van der Waals surface area contributed by atoms with Crippen molar-refractivity contribution in [3.63, 3.8) is 0 Å². The van der Waals surface area contributed by atoms with Gasteiger partial charge in [-0.25, -0.2) is 9.97 Å². The minimum absolute atomic E-state index is 0.0435. The molecule has 1 unspecified atom stereocenters. The maximum Gasteiger partial charge on any atom is 0.408 e. The first-order chi connectivity index (χ1) is 6.39. The van der Waals surface area contributed by atoms with Crippen molar-refractivity contribution in [2.75, 3.05) is 5.32 Å². The molecule has 1 aromatic heterocycles. The molecule has 3 nitrogen and oxygen atoms in total. The Morgan fingerprint density at radius 3 is 2.29 bits per heavy atom. The quantitative estimate of drug-likeness (QED) is 0.897. The fourth-order valence-corrected chi connectivity index (χ4v) is 0.867. The lowest BCUT2D eigenvalue weighted by Gasteiger charge is -2.16. The number of rotatable bonds is 2. The second kappa shape index (κ2) is 4.12. The standard InChI is InChI=1S/C7H7BrF3N3/c1-4(7(9,10)11)14-6-12-2-5(8)3-13-6/h2-4H,1H3,(H,12,13,14). The van der Waals surface area contributed by atoms with Gasteiger partial charge in [-0.3, -0.25) is 0 Å². The molecule has 0 aliphatic rings. The minimum Gasteiger partial charge on any atom is -0.343 e. The van der Waals surface area contributed by atoms with Crippen LogP contribution in [0.3, 0.4) is 0 Å². The first kappa shape index (κ1) is 11.2. The Morgan fingerprint density at radius 1 is 1.36 bits per heavy atom. The summed E-state index contributed by atoms with van der Waals surface area (Å²) in [6, 6.07) is -1.66. The van der Waals surface area contributed by atoms with Crippen LogP contribution in [0.1, 0.15) is 6.92 Å². The fourth-order valence-electron chi connectivity index (χ4n) is 0.662. The molecule has 14 heavy (non-hydrogen) atoms. The lowest BCUT2D eigenvalue weighted by Crippen LogP contribution is -2.33. The third-order valence-corrected chi connectivity index (χ3v) is 1.87. The van der Waals surface area contributed by atoms with Gasteiger partial charge < -0.3 is 5.32 Å². The van der Waals surface area contributed by atoms with Gasteiger partial charge >= 0.3 is 6.18 Å². The predicted octanol–water partition coefficient (Wildman–Crippen LogP) is 2.60. The summed E-state index contributed by atoms with van der Waals surface area (Å²) in [6.07, 6.45) is -1.55. The minimum atomic E-state index is -4.30. The summed E-state index contributed by atoms with van der Waals surface area (Å²) in [5.41, 5.74) is 0. The van der Waals surface area contributed by atoms with Crippen molar-refractivity contribution in [1.29, 1.82) is 0 Å². The highest BCUT2D eigenvalue weighted by molar-refractivity contribution is 9.10. The van der Waals surface area contributed by atoms with Gasteiger partial charge in [0.25, 0.3) is 0 Å². The summed E-state index contributed by atoms with van der Waals surface area (Å²) in [5, 5.41) is 2.14. The number of aromatic nitrogens is 2. The highest BCUT2D eigenvalue weighted by atomic mass is 79.9. The van der Waals surface area contributed by atoms with Crippen LogP contribution in [-0.2, 0) is 0 Å². The van der Waals surface area contributed by atoms with E-state index in [9.17, 15) is 13.2 Å². The van der Waals surface area contributed by atoms with Crippen LogP contribution in [0.25, 0.3) is 0 Å². The van der Waals surface area contributed by atoms with Crippen molar-refractivity contribution in [3.8, 4) is 0 Å². The van der Waals surface area contributed by atoms with Gasteiger partial charge in [0.1, 0.15) is 6.04 Å². The van der Waals surface area contributed by atoms with Crippen LogP contribution < -0.4 is 5.32 Å². The van der Waals surface area contributed by atoms with Gasteiger partial charge in [0.15, 0.2) is 0 Å². The van der Waals surface area contributed by atoms with Crippen molar-refractivity contribution >= 4 is 21.9 Å². The molecule has 0 bridgehead atoms. The summed E-state index contributed by atoms with van der Waals surface area (Å²) < 4.78 is 36.9. The van der Waals surface area contributed by atoms with Crippen LogP contribution in [-0.4, -0.2) is 22.2 Å². The van der Waals surface area contributed by atoms with E-state index in [-0.39, 0.29) is 5.95 Å². The van der Waals surface area contributed by atoms with Crippen LogP contribution in [0.4, 0.5) is 19.1 Å². The second-order valence-corrected chi connectivity index (χ2v) is 3.55. The number of nitrogens with zero attached hydrogens (tertiary/aromatic N) is 2. The van der Waals surface area contributed by atoms with Gasteiger partial charge in [0.2, 0.25) is 5.95 Å². The first-order valence-corrected chi connectivity index (χ1v) is 4.49. The van der Waals surface area contributed by atoms with Crippen LogP contribution in [0.2, 0.25) is 0 Å². The molecule has 0 aromatic carbocycles. The molecule has 0 aliphatic heterocycles. The number of anilines is 1. The summed E-state index contributed by atoms with van der Waals surface area (Å²) in [5.74, 6) is -0.0435. The topological polar surface area (TPSA) is 37.8 Å². The van der Waals surface area contributed by atoms with Crippen molar-refractivity contribution in [1.82, 2.24) is 9.97 Å². The van der Waals surface area contributed by atoms with Crippen molar-refractivity contribution in [2.45, 2.75) is 19.1 Å². The Balaban J connectivity index is 2.65. The predicted molar refractivity (Wildman–Crippen MR) is 48.9 cm³/mol. The molecule has 0 saturated heterocycles. The molecule has 1 atom stereocenters. The van der Waals surface area contributed by atoms with E-state index in [0.717, 1.165) is 6.92 Å². The summed E-state index contributed by atoms with van der Waals surface area (Å²) >= 11 is 3.08. The lowest BCUT2D eigenvalue weighted by atomic mass is 10.3. The van der Waals surface area contributed by atoms with Gasteiger partial charge in [-0.1, -0.05) is 0 Å². The van der Waals surface area contributed by atoms with E-state index in [1.807, 2.05) is 0 Å². The largest absolute Gasteiger partial charge is 0.408 e. The third-order valence-electron chi connectivity index (χ3n) is 1.46.